The molecule has 35 heavy (non-hydrogen) atoms. The van der Waals surface area contributed by atoms with Crippen LogP contribution in [0.2, 0.25) is 0 Å². The minimum absolute atomic E-state index is 0.316. The van der Waals surface area contributed by atoms with Gasteiger partial charge in [-0.3, -0.25) is 4.79 Å². The van der Waals surface area contributed by atoms with Gasteiger partial charge >= 0.3 is 5.97 Å². The summed E-state index contributed by atoms with van der Waals surface area (Å²) in [6.45, 7) is 0. The fourth-order valence-electron chi connectivity index (χ4n) is 3.83. The molecule has 7 heteroatoms. The minimum atomic E-state index is -1.10. The van der Waals surface area contributed by atoms with Crippen molar-refractivity contribution in [2.45, 2.75) is 6.10 Å². The van der Waals surface area contributed by atoms with Crippen molar-refractivity contribution in [3.8, 4) is 17.2 Å². The molecule has 0 aliphatic heterocycles. The normalized spacial score (nSPS) is 11.9. The first kappa shape index (κ1) is 23.6. The molecule has 0 unspecified atom stereocenters. The van der Waals surface area contributed by atoms with E-state index in [1.54, 1.807) is 48.7 Å². The molecule has 4 rings (SSSR count). The van der Waals surface area contributed by atoms with E-state index in [1.807, 2.05) is 30.3 Å². The molecule has 0 saturated carbocycles. The number of H-pyrrole nitrogens is 1. The first-order valence-corrected chi connectivity index (χ1v) is 10.9. The molecular formula is C28H25NO6. The highest BCUT2D eigenvalue weighted by atomic mass is 16.5. The van der Waals surface area contributed by atoms with Crippen molar-refractivity contribution >= 4 is 28.7 Å². The molecular weight excluding hydrogens is 446 g/mol. The van der Waals surface area contributed by atoms with E-state index < -0.39 is 12.1 Å². The number of hydrogen-bond donors (Lipinski definition) is 1. The van der Waals surface area contributed by atoms with Crippen molar-refractivity contribution < 1.29 is 28.5 Å². The number of ketones is 1. The zero-order valence-corrected chi connectivity index (χ0v) is 19.6. The summed E-state index contributed by atoms with van der Waals surface area (Å²) in [6, 6.07) is 19.8. The maximum Gasteiger partial charge on any atom is 0.331 e. The zero-order valence-electron chi connectivity index (χ0n) is 19.6. The minimum Gasteiger partial charge on any atom is -0.493 e. The van der Waals surface area contributed by atoms with Crippen LogP contribution in [0, 0.1) is 0 Å². The number of aromatic amines is 1. The smallest absolute Gasteiger partial charge is 0.331 e. The maximum atomic E-state index is 13.5. The van der Waals surface area contributed by atoms with Crippen molar-refractivity contribution in [1.82, 2.24) is 4.98 Å². The van der Waals surface area contributed by atoms with Crippen LogP contribution >= 0.6 is 0 Å². The van der Waals surface area contributed by atoms with Gasteiger partial charge in [-0.1, -0.05) is 48.5 Å². The zero-order chi connectivity index (χ0) is 24.8. The summed E-state index contributed by atoms with van der Waals surface area (Å²) in [6.07, 6.45) is 3.36. The Morgan fingerprint density at radius 3 is 2.17 bits per heavy atom. The molecule has 178 valence electrons. The predicted molar refractivity (Wildman–Crippen MR) is 133 cm³/mol. The van der Waals surface area contributed by atoms with E-state index in [9.17, 15) is 9.59 Å². The van der Waals surface area contributed by atoms with Crippen molar-refractivity contribution in [3.05, 3.63) is 95.7 Å². The lowest BCUT2D eigenvalue weighted by atomic mass is 9.99. The van der Waals surface area contributed by atoms with E-state index in [2.05, 4.69) is 4.98 Å². The highest BCUT2D eigenvalue weighted by Crippen LogP contribution is 2.38. The number of ether oxygens (including phenoxy) is 4. The Morgan fingerprint density at radius 1 is 0.857 bits per heavy atom. The highest BCUT2D eigenvalue weighted by molar-refractivity contribution is 6.10. The van der Waals surface area contributed by atoms with Gasteiger partial charge in [0.2, 0.25) is 11.5 Å². The largest absolute Gasteiger partial charge is 0.493 e. The van der Waals surface area contributed by atoms with Crippen molar-refractivity contribution in [1.29, 1.82) is 0 Å². The van der Waals surface area contributed by atoms with Gasteiger partial charge in [-0.05, 0) is 29.8 Å². The molecule has 1 aromatic heterocycles. The van der Waals surface area contributed by atoms with Crippen LogP contribution in [0.5, 0.6) is 17.2 Å². The second kappa shape index (κ2) is 10.6. The second-order valence-corrected chi connectivity index (χ2v) is 7.63. The third-order valence-corrected chi connectivity index (χ3v) is 5.53. The van der Waals surface area contributed by atoms with Gasteiger partial charge < -0.3 is 23.9 Å². The number of para-hydroxylation sites is 1. The van der Waals surface area contributed by atoms with Gasteiger partial charge in [-0.2, -0.15) is 0 Å². The van der Waals surface area contributed by atoms with E-state index >= 15 is 0 Å². The van der Waals surface area contributed by atoms with Crippen molar-refractivity contribution in [2.75, 3.05) is 21.3 Å². The SMILES string of the molecule is COc1cc(/C=C/C(=O)O[C@@H](C(=O)c2c[nH]c3ccccc23)c2ccccc2)cc(OC)c1OC. The standard InChI is InChI=1S/C28H25NO6/c1-32-23-15-18(16-24(33-2)28(23)34-3)13-14-25(30)35-27(19-9-5-4-6-10-19)26(31)21-17-29-22-12-8-7-11-20(21)22/h4-17,27,29H,1-3H3/b14-13+/t27-/m1/s1. The summed E-state index contributed by atoms with van der Waals surface area (Å²) in [7, 11) is 4.54. The molecule has 7 nitrogen and oxygen atoms in total. The lowest BCUT2D eigenvalue weighted by Gasteiger charge is -2.16. The van der Waals surface area contributed by atoms with Crippen LogP contribution in [0.25, 0.3) is 17.0 Å². The lowest BCUT2D eigenvalue weighted by Crippen LogP contribution is -2.19. The summed E-state index contributed by atoms with van der Waals surface area (Å²) in [5.74, 6) is 0.375. The van der Waals surface area contributed by atoms with Gasteiger partial charge in [0.15, 0.2) is 17.6 Å². The van der Waals surface area contributed by atoms with Gasteiger partial charge in [0.05, 0.1) is 21.3 Å². The molecule has 0 aliphatic carbocycles. The fraction of sp³-hybridized carbons (Fsp3) is 0.143. The topological polar surface area (TPSA) is 86.9 Å². The lowest BCUT2D eigenvalue weighted by molar-refractivity contribution is -0.141. The number of Topliss-reactive ketones (excluding diaryl/α,β-unsaturated/α-hetero) is 1. The average molecular weight is 472 g/mol. The molecule has 1 N–H and O–H groups in total. The first-order chi connectivity index (χ1) is 17.0. The van der Waals surface area contributed by atoms with E-state index in [1.165, 1.54) is 27.4 Å². The maximum absolute atomic E-state index is 13.5. The number of fused-ring (bicyclic) bond motifs is 1. The van der Waals surface area contributed by atoms with Crippen LogP contribution in [-0.4, -0.2) is 38.1 Å². The Labute approximate surface area is 202 Å². The summed E-state index contributed by atoms with van der Waals surface area (Å²) in [5.41, 5.74) is 2.50. The van der Waals surface area contributed by atoms with E-state index in [-0.39, 0.29) is 5.78 Å². The molecule has 0 bridgehead atoms. The van der Waals surface area contributed by atoms with E-state index in [4.69, 9.17) is 18.9 Å². The summed E-state index contributed by atoms with van der Waals surface area (Å²) >= 11 is 0. The molecule has 4 aromatic rings. The molecule has 0 amide bonds. The number of rotatable bonds is 9. The van der Waals surface area contributed by atoms with E-state index in [0.717, 1.165) is 10.9 Å². The summed E-state index contributed by atoms with van der Waals surface area (Å²) in [4.78, 5) is 29.4. The van der Waals surface area contributed by atoms with Gasteiger partial charge in [0.25, 0.3) is 0 Å². The number of esters is 1. The molecule has 0 fully saturated rings. The Kier molecular flexibility index (Phi) is 7.16. The second-order valence-electron chi connectivity index (χ2n) is 7.63. The molecule has 0 spiro atoms. The monoisotopic (exact) mass is 471 g/mol. The molecule has 3 aromatic carbocycles. The average Bonchev–Trinajstić information content (AvgIpc) is 3.34. The van der Waals surface area contributed by atoms with Crippen LogP contribution in [-0.2, 0) is 9.53 Å². The number of methoxy groups -OCH3 is 3. The molecule has 0 saturated heterocycles. The molecule has 1 atom stereocenters. The van der Waals surface area contributed by atoms with Crippen molar-refractivity contribution in [3.63, 3.8) is 0 Å². The molecule has 1 heterocycles. The molecule has 0 radical (unpaired) electrons. The fourth-order valence-corrected chi connectivity index (χ4v) is 3.83. The van der Waals surface area contributed by atoms with Gasteiger partial charge in [-0.15, -0.1) is 0 Å². The Balaban J connectivity index is 1.61. The van der Waals surface area contributed by atoms with Gasteiger partial charge in [0, 0.05) is 34.3 Å². The third-order valence-electron chi connectivity index (χ3n) is 5.53. The Morgan fingerprint density at radius 2 is 1.51 bits per heavy atom. The van der Waals surface area contributed by atoms with Crippen LogP contribution in [0.1, 0.15) is 27.6 Å². The number of nitrogens with one attached hydrogen (secondary N) is 1. The quantitative estimate of drug-likeness (QED) is 0.201. The predicted octanol–water partition coefficient (Wildman–Crippen LogP) is 5.37. The van der Waals surface area contributed by atoms with Crippen LogP contribution in [0.15, 0.2) is 79.0 Å². The number of hydrogen-bond acceptors (Lipinski definition) is 6. The summed E-state index contributed by atoms with van der Waals surface area (Å²) < 4.78 is 21.7. The van der Waals surface area contributed by atoms with Crippen LogP contribution < -0.4 is 14.2 Å². The summed E-state index contributed by atoms with van der Waals surface area (Å²) in [5, 5.41) is 0.766. The van der Waals surface area contributed by atoms with Gasteiger partial charge in [-0.25, -0.2) is 4.79 Å². The first-order valence-electron chi connectivity index (χ1n) is 10.9. The number of benzene rings is 3. The number of carbonyl (C=O) groups excluding carboxylic acids is 2. The Bertz CT molecular complexity index is 1350. The number of carbonyl (C=O) groups is 2. The number of aromatic nitrogens is 1. The Hall–Kier alpha value is -4.52. The van der Waals surface area contributed by atoms with Crippen LogP contribution in [0.3, 0.4) is 0 Å². The van der Waals surface area contributed by atoms with Crippen molar-refractivity contribution in [2.24, 2.45) is 0 Å². The third kappa shape index (κ3) is 5.04. The van der Waals surface area contributed by atoms with E-state index in [0.29, 0.717) is 33.9 Å². The molecule has 0 aliphatic rings. The highest BCUT2D eigenvalue weighted by Gasteiger charge is 2.27. The van der Waals surface area contributed by atoms with Crippen LogP contribution in [0.4, 0.5) is 0 Å². The van der Waals surface area contributed by atoms with Gasteiger partial charge in [0.1, 0.15) is 0 Å².